The van der Waals surface area contributed by atoms with Crippen LogP contribution in [0, 0.1) is 6.92 Å². The van der Waals surface area contributed by atoms with E-state index in [0.717, 1.165) is 38.8 Å². The molecule has 1 N–H and O–H groups in total. The highest BCUT2D eigenvalue weighted by atomic mass is 35.5. The third-order valence-corrected chi connectivity index (χ3v) is 5.93. The maximum absolute atomic E-state index is 12.4. The van der Waals surface area contributed by atoms with Gasteiger partial charge in [0.1, 0.15) is 10.8 Å². The van der Waals surface area contributed by atoms with Crippen molar-refractivity contribution in [1.29, 1.82) is 0 Å². The molecule has 4 rings (SSSR count). The molecule has 0 aliphatic heterocycles. The van der Waals surface area contributed by atoms with E-state index in [-0.39, 0.29) is 11.7 Å². The molecule has 31 heavy (non-hydrogen) atoms. The average molecular weight is 453 g/mol. The van der Waals surface area contributed by atoms with E-state index in [1.807, 2.05) is 61.5 Å². The van der Waals surface area contributed by atoms with Crippen molar-refractivity contribution in [3.05, 3.63) is 77.1 Å². The first-order valence-electron chi connectivity index (χ1n) is 9.67. The Labute approximate surface area is 189 Å². The molecule has 0 fully saturated rings. The van der Waals surface area contributed by atoms with Gasteiger partial charge < -0.3 is 10.1 Å². The van der Waals surface area contributed by atoms with Gasteiger partial charge >= 0.3 is 0 Å². The van der Waals surface area contributed by atoms with E-state index in [2.05, 4.69) is 15.4 Å². The van der Waals surface area contributed by atoms with Crippen molar-refractivity contribution in [3.8, 4) is 16.9 Å². The molecule has 0 atom stereocenters. The van der Waals surface area contributed by atoms with Crippen LogP contribution in [0.5, 0.6) is 5.75 Å². The van der Waals surface area contributed by atoms with Crippen LogP contribution in [-0.4, -0.2) is 33.4 Å². The average Bonchev–Trinajstić information content (AvgIpc) is 3.20. The molecule has 0 aliphatic rings. The summed E-state index contributed by atoms with van der Waals surface area (Å²) in [5.41, 5.74) is 4.52. The van der Waals surface area contributed by atoms with Gasteiger partial charge in [-0.3, -0.25) is 4.79 Å². The summed E-state index contributed by atoms with van der Waals surface area (Å²) in [6.45, 7) is 2.38. The number of aryl methyl sites for hydroxylation is 1. The van der Waals surface area contributed by atoms with Gasteiger partial charge in [0.25, 0.3) is 0 Å². The van der Waals surface area contributed by atoms with Crippen molar-refractivity contribution < 1.29 is 9.53 Å². The SMILES string of the molecule is COc1ccc(-c2cnn3c(SCC(=O)NCc4cccc(Cl)c4)cc(C)nc23)cc1. The summed E-state index contributed by atoms with van der Waals surface area (Å²) in [7, 11) is 1.64. The van der Waals surface area contributed by atoms with E-state index < -0.39 is 0 Å². The van der Waals surface area contributed by atoms with Crippen molar-refractivity contribution in [2.75, 3.05) is 12.9 Å². The molecule has 0 saturated heterocycles. The lowest BCUT2D eigenvalue weighted by Crippen LogP contribution is -2.24. The van der Waals surface area contributed by atoms with Crippen molar-refractivity contribution in [2.24, 2.45) is 0 Å². The molecule has 2 aromatic carbocycles. The number of carbonyl (C=O) groups is 1. The zero-order chi connectivity index (χ0) is 21.8. The molecule has 0 bridgehead atoms. The van der Waals surface area contributed by atoms with Gasteiger partial charge in [0, 0.05) is 22.8 Å². The molecule has 6 nitrogen and oxygen atoms in total. The van der Waals surface area contributed by atoms with Crippen LogP contribution in [0.3, 0.4) is 0 Å². The maximum Gasteiger partial charge on any atom is 0.230 e. The number of aromatic nitrogens is 3. The van der Waals surface area contributed by atoms with Gasteiger partial charge in [-0.15, -0.1) is 0 Å². The largest absolute Gasteiger partial charge is 0.497 e. The molecule has 0 spiro atoms. The Morgan fingerprint density at radius 1 is 1.19 bits per heavy atom. The van der Waals surface area contributed by atoms with Gasteiger partial charge in [0.2, 0.25) is 5.91 Å². The monoisotopic (exact) mass is 452 g/mol. The Hall–Kier alpha value is -3.03. The molecule has 158 valence electrons. The third kappa shape index (κ3) is 5.00. The number of hydrogen-bond donors (Lipinski definition) is 1. The lowest BCUT2D eigenvalue weighted by Gasteiger charge is -2.08. The molecule has 0 radical (unpaired) electrons. The van der Waals surface area contributed by atoms with E-state index in [1.54, 1.807) is 17.8 Å². The van der Waals surface area contributed by atoms with Crippen LogP contribution in [0.4, 0.5) is 0 Å². The molecular weight excluding hydrogens is 432 g/mol. The first-order chi connectivity index (χ1) is 15.0. The molecular formula is C23H21ClN4O2S. The third-order valence-electron chi connectivity index (χ3n) is 4.70. The van der Waals surface area contributed by atoms with Crippen LogP contribution in [0.2, 0.25) is 5.02 Å². The predicted octanol–water partition coefficient (Wildman–Crippen LogP) is 4.78. The zero-order valence-electron chi connectivity index (χ0n) is 17.1. The summed E-state index contributed by atoms with van der Waals surface area (Å²) < 4.78 is 7.02. The standard InChI is InChI=1S/C23H21ClN4O2S/c1-15-10-22(31-14-21(29)25-12-16-4-3-5-18(24)11-16)28-23(27-15)20(13-26-28)17-6-8-19(30-2)9-7-17/h3-11,13H,12,14H2,1-2H3,(H,25,29). The second-order valence-electron chi connectivity index (χ2n) is 6.95. The molecule has 0 saturated carbocycles. The molecule has 0 unspecified atom stereocenters. The van der Waals surface area contributed by atoms with Gasteiger partial charge in [-0.05, 0) is 48.4 Å². The lowest BCUT2D eigenvalue weighted by atomic mass is 10.1. The first-order valence-corrected chi connectivity index (χ1v) is 11.0. The number of nitrogens with zero attached hydrogens (tertiary/aromatic N) is 3. The van der Waals surface area contributed by atoms with Crippen LogP contribution in [0.1, 0.15) is 11.3 Å². The number of rotatable bonds is 7. The lowest BCUT2D eigenvalue weighted by molar-refractivity contribution is -0.118. The summed E-state index contributed by atoms with van der Waals surface area (Å²) in [5, 5.41) is 8.96. The van der Waals surface area contributed by atoms with E-state index in [0.29, 0.717) is 11.6 Å². The highest BCUT2D eigenvalue weighted by Gasteiger charge is 2.14. The van der Waals surface area contributed by atoms with Crippen LogP contribution >= 0.6 is 23.4 Å². The minimum Gasteiger partial charge on any atom is -0.497 e. The summed E-state index contributed by atoms with van der Waals surface area (Å²) >= 11 is 7.42. The Bertz CT molecular complexity index is 1220. The normalized spacial score (nSPS) is 10.9. The number of benzene rings is 2. The Balaban J connectivity index is 1.48. The number of amides is 1. The van der Waals surface area contributed by atoms with Crippen molar-refractivity contribution in [3.63, 3.8) is 0 Å². The van der Waals surface area contributed by atoms with Crippen LogP contribution in [0.25, 0.3) is 16.8 Å². The maximum atomic E-state index is 12.4. The number of fused-ring (bicyclic) bond motifs is 1. The fourth-order valence-corrected chi connectivity index (χ4v) is 4.27. The minimum absolute atomic E-state index is 0.0601. The second kappa shape index (κ2) is 9.41. The zero-order valence-corrected chi connectivity index (χ0v) is 18.7. The van der Waals surface area contributed by atoms with Crippen molar-refractivity contribution >= 4 is 34.9 Å². The van der Waals surface area contributed by atoms with E-state index in [4.69, 9.17) is 16.3 Å². The number of ether oxygens (including phenoxy) is 1. The fraction of sp³-hybridized carbons (Fsp3) is 0.174. The molecule has 8 heteroatoms. The summed E-state index contributed by atoms with van der Waals surface area (Å²) in [5.74, 6) is 1.01. The van der Waals surface area contributed by atoms with Gasteiger partial charge in [0.05, 0.1) is 19.1 Å². The number of halogens is 1. The molecule has 2 aromatic heterocycles. The summed E-state index contributed by atoms with van der Waals surface area (Å²) in [6.07, 6.45) is 1.80. The fourth-order valence-electron chi connectivity index (χ4n) is 3.17. The second-order valence-corrected chi connectivity index (χ2v) is 8.39. The van der Waals surface area contributed by atoms with E-state index >= 15 is 0 Å². The topological polar surface area (TPSA) is 68.5 Å². The van der Waals surface area contributed by atoms with Gasteiger partial charge in [0.15, 0.2) is 5.65 Å². The number of methoxy groups -OCH3 is 1. The first kappa shape index (κ1) is 21.2. The Morgan fingerprint density at radius 3 is 2.74 bits per heavy atom. The van der Waals surface area contributed by atoms with Crippen LogP contribution in [0.15, 0.2) is 65.8 Å². The molecule has 2 heterocycles. The van der Waals surface area contributed by atoms with Crippen LogP contribution in [-0.2, 0) is 11.3 Å². The predicted molar refractivity (Wildman–Crippen MR) is 124 cm³/mol. The van der Waals surface area contributed by atoms with Gasteiger partial charge in [-0.2, -0.15) is 5.10 Å². The number of hydrogen-bond acceptors (Lipinski definition) is 5. The molecule has 1 amide bonds. The van der Waals surface area contributed by atoms with Gasteiger partial charge in [-0.25, -0.2) is 9.50 Å². The number of thioether (sulfide) groups is 1. The van der Waals surface area contributed by atoms with Gasteiger partial charge in [-0.1, -0.05) is 47.6 Å². The van der Waals surface area contributed by atoms with Crippen LogP contribution < -0.4 is 10.1 Å². The molecule has 0 aliphatic carbocycles. The van der Waals surface area contributed by atoms with Crippen molar-refractivity contribution in [1.82, 2.24) is 19.9 Å². The minimum atomic E-state index is -0.0601. The Morgan fingerprint density at radius 2 is 2.00 bits per heavy atom. The summed E-state index contributed by atoms with van der Waals surface area (Å²) in [6, 6.07) is 17.2. The van der Waals surface area contributed by atoms with Crippen molar-refractivity contribution in [2.45, 2.75) is 18.5 Å². The smallest absolute Gasteiger partial charge is 0.230 e. The number of nitrogens with one attached hydrogen (secondary N) is 1. The summed E-state index contributed by atoms with van der Waals surface area (Å²) in [4.78, 5) is 17.0. The van der Waals surface area contributed by atoms with E-state index in [9.17, 15) is 4.79 Å². The Kier molecular flexibility index (Phi) is 6.44. The molecule has 4 aromatic rings. The highest BCUT2D eigenvalue weighted by molar-refractivity contribution is 7.99. The highest BCUT2D eigenvalue weighted by Crippen LogP contribution is 2.28. The number of carbonyl (C=O) groups excluding carboxylic acids is 1. The van der Waals surface area contributed by atoms with E-state index in [1.165, 1.54) is 11.8 Å². The quantitative estimate of drug-likeness (QED) is 0.323.